The summed E-state index contributed by atoms with van der Waals surface area (Å²) in [6.07, 6.45) is 0. The Balaban J connectivity index is 1.14. The summed E-state index contributed by atoms with van der Waals surface area (Å²) < 4.78 is 0. The van der Waals surface area contributed by atoms with Crippen molar-refractivity contribution in [1.29, 1.82) is 0 Å². The molecule has 0 bridgehead atoms. The molecule has 0 unspecified atom stereocenters. The molecule has 10 aromatic carbocycles. The molecule has 0 aliphatic heterocycles. The van der Waals surface area contributed by atoms with E-state index in [4.69, 9.17) is 0 Å². The molecule has 0 spiro atoms. The van der Waals surface area contributed by atoms with Crippen molar-refractivity contribution in [1.82, 2.24) is 0 Å². The van der Waals surface area contributed by atoms with Crippen LogP contribution in [0.4, 0.5) is 17.1 Å². The Morgan fingerprint density at radius 3 is 1.44 bits per heavy atom. The van der Waals surface area contributed by atoms with Gasteiger partial charge in [0.05, 0.1) is 11.1 Å². The van der Waals surface area contributed by atoms with Crippen molar-refractivity contribution in [3.63, 3.8) is 0 Å². The minimum Gasteiger partial charge on any atom is -0.310 e. The first-order valence-corrected chi connectivity index (χ1v) is 23.3. The second-order valence-electron chi connectivity index (χ2n) is 19.2. The molecule has 12 rings (SSSR count). The van der Waals surface area contributed by atoms with Crippen LogP contribution < -0.4 is 4.90 Å². The molecule has 2 aliphatic carbocycles. The maximum atomic E-state index is 2.53. The van der Waals surface area contributed by atoms with E-state index in [1.807, 2.05) is 0 Å². The topological polar surface area (TPSA) is 3.24 Å². The van der Waals surface area contributed by atoms with E-state index in [1.165, 1.54) is 88.7 Å². The molecule has 1 nitrogen and oxygen atoms in total. The summed E-state index contributed by atoms with van der Waals surface area (Å²) >= 11 is 0. The van der Waals surface area contributed by atoms with Gasteiger partial charge in [-0.3, -0.25) is 0 Å². The van der Waals surface area contributed by atoms with Gasteiger partial charge in [0.15, 0.2) is 0 Å². The largest absolute Gasteiger partial charge is 0.310 e. The quantitative estimate of drug-likeness (QED) is 0.138. The summed E-state index contributed by atoms with van der Waals surface area (Å²) in [6.45, 7) is 9.49. The summed E-state index contributed by atoms with van der Waals surface area (Å²) in [5, 5.41) is 2.45. The monoisotopic (exact) mass is 845 g/mol. The third kappa shape index (κ3) is 5.86. The number of fused-ring (bicyclic) bond motifs is 7. The van der Waals surface area contributed by atoms with Gasteiger partial charge in [-0.2, -0.15) is 0 Å². The first-order chi connectivity index (χ1) is 32.3. The molecule has 0 atom stereocenters. The lowest BCUT2D eigenvalue weighted by molar-refractivity contribution is 0.660. The Labute approximate surface area is 389 Å². The molecule has 1 heteroatoms. The Bertz CT molecular complexity index is 3360. The summed E-state index contributed by atoms with van der Waals surface area (Å²) in [7, 11) is 0. The van der Waals surface area contributed by atoms with Crippen LogP contribution in [-0.4, -0.2) is 0 Å². The number of rotatable bonds is 8. The van der Waals surface area contributed by atoms with Crippen LogP contribution in [-0.2, 0) is 16.2 Å². The summed E-state index contributed by atoms with van der Waals surface area (Å²) in [6, 6.07) is 88.3. The maximum absolute atomic E-state index is 2.53. The van der Waals surface area contributed by atoms with Crippen LogP contribution in [0.2, 0.25) is 0 Å². The van der Waals surface area contributed by atoms with Gasteiger partial charge in [0, 0.05) is 27.8 Å². The smallest absolute Gasteiger partial charge is 0.0701 e. The van der Waals surface area contributed by atoms with E-state index >= 15 is 0 Å². The predicted molar refractivity (Wildman–Crippen MR) is 278 cm³/mol. The molecule has 10 aromatic rings. The van der Waals surface area contributed by atoms with E-state index in [1.54, 1.807) is 0 Å². The highest BCUT2D eigenvalue weighted by Crippen LogP contribution is 2.56. The zero-order valence-electron chi connectivity index (χ0n) is 38.0. The molecular weight excluding hydrogens is 795 g/mol. The van der Waals surface area contributed by atoms with Crippen molar-refractivity contribution >= 4 is 27.8 Å². The van der Waals surface area contributed by atoms with Gasteiger partial charge in [-0.25, -0.2) is 0 Å². The molecule has 0 radical (unpaired) electrons. The van der Waals surface area contributed by atoms with E-state index in [2.05, 4.69) is 269 Å². The van der Waals surface area contributed by atoms with Crippen LogP contribution in [0.5, 0.6) is 0 Å². The molecule has 0 aromatic heterocycles. The average Bonchev–Trinajstić information content (AvgIpc) is 3.75. The molecule has 2 aliphatic rings. The Kier molecular flexibility index (Phi) is 9.16. The van der Waals surface area contributed by atoms with E-state index in [0.717, 1.165) is 17.1 Å². The minimum atomic E-state index is -0.561. The normalized spacial score (nSPS) is 14.0. The molecule has 0 saturated heterocycles. The molecule has 0 N–H and O–H groups in total. The number of nitrogens with zero attached hydrogens (tertiary/aromatic N) is 1. The number of benzene rings is 10. The van der Waals surface area contributed by atoms with Crippen LogP contribution in [0.1, 0.15) is 72.2 Å². The van der Waals surface area contributed by atoms with Gasteiger partial charge < -0.3 is 4.90 Å². The summed E-state index contributed by atoms with van der Waals surface area (Å²) in [5.41, 5.74) is 20.7. The second kappa shape index (κ2) is 15.2. The Morgan fingerprint density at radius 1 is 0.318 bits per heavy atom. The fourth-order valence-corrected chi connectivity index (χ4v) is 11.9. The van der Waals surface area contributed by atoms with Gasteiger partial charge in [0.2, 0.25) is 0 Å². The molecule has 66 heavy (non-hydrogen) atoms. The lowest BCUT2D eigenvalue weighted by Gasteiger charge is -2.37. The van der Waals surface area contributed by atoms with E-state index in [-0.39, 0.29) is 10.8 Å². The number of hydrogen-bond donors (Lipinski definition) is 0. The molecule has 0 heterocycles. The summed E-state index contributed by atoms with van der Waals surface area (Å²) in [4.78, 5) is 2.53. The van der Waals surface area contributed by atoms with Crippen molar-refractivity contribution in [3.05, 3.63) is 281 Å². The molecular formula is C65H51N. The standard InChI is InChI=1S/C65H51N/c1-63(2)56-32-18-16-29-52(56)55-43-50(40-41-58(55)63)66(49-38-36-48(37-39-49)65(45-22-8-5-9-23-45,46-24-10-6-11-25-46)47-26-12-7-13-27-47)60-42-35-44-21-14-15-28-51(44)62(60)54-31-20-34-59-61(54)53-30-17-19-33-57(53)64(59,3)4/h5-43H,1-4H3. The fourth-order valence-electron chi connectivity index (χ4n) is 11.9. The molecule has 0 fully saturated rings. The third-order valence-corrected chi connectivity index (χ3v) is 15.0. The second-order valence-corrected chi connectivity index (χ2v) is 19.2. The number of anilines is 3. The van der Waals surface area contributed by atoms with Gasteiger partial charge in [-0.05, 0) is 113 Å². The zero-order chi connectivity index (χ0) is 44.6. The highest BCUT2D eigenvalue weighted by molar-refractivity contribution is 6.09. The molecule has 0 saturated carbocycles. The SMILES string of the molecule is CC1(C)c2ccccc2-c2cc(N(c3ccc(C(c4ccccc4)(c4ccccc4)c4ccccc4)cc3)c3ccc4ccccc4c3-c3cccc4c3-c3ccccc3C4(C)C)ccc21. The Morgan fingerprint density at radius 2 is 0.788 bits per heavy atom. The molecule has 0 amide bonds. The van der Waals surface area contributed by atoms with Gasteiger partial charge in [0.25, 0.3) is 0 Å². The van der Waals surface area contributed by atoms with Crippen molar-refractivity contribution in [2.45, 2.75) is 43.9 Å². The predicted octanol–water partition coefficient (Wildman–Crippen LogP) is 17.0. The van der Waals surface area contributed by atoms with E-state index in [0.29, 0.717) is 0 Å². The lowest BCUT2D eigenvalue weighted by Crippen LogP contribution is -2.31. The highest BCUT2D eigenvalue weighted by atomic mass is 15.1. The van der Waals surface area contributed by atoms with Gasteiger partial charge in [-0.15, -0.1) is 0 Å². The minimum absolute atomic E-state index is 0.106. The van der Waals surface area contributed by atoms with Gasteiger partial charge in [0.1, 0.15) is 0 Å². The number of hydrogen-bond acceptors (Lipinski definition) is 1. The average molecular weight is 846 g/mol. The molecule has 316 valence electrons. The Hall–Kier alpha value is -7.74. The van der Waals surface area contributed by atoms with E-state index in [9.17, 15) is 0 Å². The van der Waals surface area contributed by atoms with Crippen molar-refractivity contribution in [2.24, 2.45) is 0 Å². The third-order valence-electron chi connectivity index (χ3n) is 15.0. The van der Waals surface area contributed by atoms with Gasteiger partial charge in [-0.1, -0.05) is 234 Å². The van der Waals surface area contributed by atoms with Gasteiger partial charge >= 0.3 is 0 Å². The van der Waals surface area contributed by atoms with Crippen molar-refractivity contribution in [2.75, 3.05) is 4.90 Å². The van der Waals surface area contributed by atoms with Crippen LogP contribution >= 0.6 is 0 Å². The maximum Gasteiger partial charge on any atom is 0.0701 e. The summed E-state index contributed by atoms with van der Waals surface area (Å²) in [5.74, 6) is 0. The van der Waals surface area contributed by atoms with E-state index < -0.39 is 5.41 Å². The fraction of sp³-hybridized carbons (Fsp3) is 0.108. The first kappa shape index (κ1) is 39.8. The van der Waals surface area contributed by atoms with Crippen LogP contribution in [0.3, 0.4) is 0 Å². The first-order valence-electron chi connectivity index (χ1n) is 23.3. The van der Waals surface area contributed by atoms with Crippen LogP contribution in [0.15, 0.2) is 237 Å². The van der Waals surface area contributed by atoms with Crippen molar-refractivity contribution < 1.29 is 0 Å². The van der Waals surface area contributed by atoms with Crippen molar-refractivity contribution in [3.8, 4) is 33.4 Å². The van der Waals surface area contributed by atoms with Crippen LogP contribution in [0.25, 0.3) is 44.2 Å². The van der Waals surface area contributed by atoms with Crippen LogP contribution in [0, 0.1) is 0 Å². The lowest BCUT2D eigenvalue weighted by atomic mass is 9.65. The highest BCUT2D eigenvalue weighted by Gasteiger charge is 2.40. The zero-order valence-corrected chi connectivity index (χ0v) is 38.0.